The SMILES string of the molecule is CC(C)c1ccc(-c2ccc(-c3ccccc3)cn2)cc1. The molecule has 0 atom stereocenters. The predicted molar refractivity (Wildman–Crippen MR) is 89.2 cm³/mol. The van der Waals surface area contributed by atoms with Crippen molar-refractivity contribution in [2.75, 3.05) is 0 Å². The second kappa shape index (κ2) is 5.92. The normalized spacial score (nSPS) is 10.8. The van der Waals surface area contributed by atoms with Crippen molar-refractivity contribution in [3.05, 3.63) is 78.5 Å². The van der Waals surface area contributed by atoms with E-state index in [9.17, 15) is 0 Å². The highest BCUT2D eigenvalue weighted by molar-refractivity contribution is 5.66. The monoisotopic (exact) mass is 273 g/mol. The maximum Gasteiger partial charge on any atom is 0.0702 e. The van der Waals surface area contributed by atoms with Crippen LogP contribution in [0.3, 0.4) is 0 Å². The van der Waals surface area contributed by atoms with E-state index in [0.29, 0.717) is 5.92 Å². The van der Waals surface area contributed by atoms with E-state index in [0.717, 1.165) is 11.3 Å². The average molecular weight is 273 g/mol. The van der Waals surface area contributed by atoms with E-state index in [1.54, 1.807) is 0 Å². The van der Waals surface area contributed by atoms with Gasteiger partial charge in [0.15, 0.2) is 0 Å². The second-order valence-electron chi connectivity index (χ2n) is 5.57. The van der Waals surface area contributed by atoms with Gasteiger partial charge < -0.3 is 0 Å². The molecule has 0 saturated carbocycles. The third-order valence-electron chi connectivity index (χ3n) is 3.74. The van der Waals surface area contributed by atoms with Crippen LogP contribution in [0.25, 0.3) is 22.4 Å². The third kappa shape index (κ3) is 3.03. The van der Waals surface area contributed by atoms with Gasteiger partial charge in [0, 0.05) is 17.3 Å². The van der Waals surface area contributed by atoms with Crippen molar-refractivity contribution >= 4 is 0 Å². The van der Waals surface area contributed by atoms with E-state index in [1.807, 2.05) is 24.4 Å². The van der Waals surface area contributed by atoms with Crippen molar-refractivity contribution < 1.29 is 0 Å². The van der Waals surface area contributed by atoms with Gasteiger partial charge >= 0.3 is 0 Å². The lowest BCUT2D eigenvalue weighted by molar-refractivity contribution is 0.867. The molecule has 1 heterocycles. The lowest BCUT2D eigenvalue weighted by atomic mass is 10.0. The van der Waals surface area contributed by atoms with Crippen LogP contribution in [0.1, 0.15) is 25.3 Å². The topological polar surface area (TPSA) is 12.9 Å². The number of hydrogen-bond acceptors (Lipinski definition) is 1. The Balaban J connectivity index is 1.87. The van der Waals surface area contributed by atoms with Crippen LogP contribution in [-0.2, 0) is 0 Å². The first-order valence-electron chi connectivity index (χ1n) is 7.36. The molecular formula is C20H19N. The molecule has 0 spiro atoms. The summed E-state index contributed by atoms with van der Waals surface area (Å²) >= 11 is 0. The number of pyridine rings is 1. The Bertz CT molecular complexity index is 695. The molecule has 0 saturated heterocycles. The van der Waals surface area contributed by atoms with Crippen LogP contribution in [0.2, 0.25) is 0 Å². The van der Waals surface area contributed by atoms with E-state index in [4.69, 9.17) is 0 Å². The molecule has 0 aliphatic carbocycles. The van der Waals surface area contributed by atoms with Crippen molar-refractivity contribution in [1.29, 1.82) is 0 Å². The first kappa shape index (κ1) is 13.6. The number of benzene rings is 2. The molecule has 1 aromatic heterocycles. The lowest BCUT2D eigenvalue weighted by Gasteiger charge is -2.07. The van der Waals surface area contributed by atoms with Crippen LogP contribution in [-0.4, -0.2) is 4.98 Å². The Hall–Kier alpha value is -2.41. The third-order valence-corrected chi connectivity index (χ3v) is 3.74. The molecule has 0 N–H and O–H groups in total. The fourth-order valence-electron chi connectivity index (χ4n) is 2.40. The quantitative estimate of drug-likeness (QED) is 0.610. The summed E-state index contributed by atoms with van der Waals surface area (Å²) < 4.78 is 0. The summed E-state index contributed by atoms with van der Waals surface area (Å²) in [5.74, 6) is 0.562. The van der Waals surface area contributed by atoms with E-state index < -0.39 is 0 Å². The van der Waals surface area contributed by atoms with Gasteiger partial charge in [-0.25, -0.2) is 0 Å². The minimum absolute atomic E-state index is 0.562. The summed E-state index contributed by atoms with van der Waals surface area (Å²) in [6.45, 7) is 4.42. The summed E-state index contributed by atoms with van der Waals surface area (Å²) in [5, 5.41) is 0. The molecule has 1 heteroatoms. The van der Waals surface area contributed by atoms with E-state index in [1.165, 1.54) is 16.7 Å². The van der Waals surface area contributed by atoms with Crippen LogP contribution in [0.4, 0.5) is 0 Å². The van der Waals surface area contributed by atoms with Crippen molar-refractivity contribution in [1.82, 2.24) is 4.98 Å². The number of aromatic nitrogens is 1. The van der Waals surface area contributed by atoms with Crippen LogP contribution in [0, 0.1) is 0 Å². The van der Waals surface area contributed by atoms with Gasteiger partial charge in [-0.3, -0.25) is 4.98 Å². The summed E-state index contributed by atoms with van der Waals surface area (Å²) in [6, 6.07) is 23.2. The minimum atomic E-state index is 0.562. The first-order valence-corrected chi connectivity index (χ1v) is 7.36. The van der Waals surface area contributed by atoms with E-state index >= 15 is 0 Å². The highest BCUT2D eigenvalue weighted by Gasteiger charge is 2.03. The minimum Gasteiger partial charge on any atom is -0.256 e. The molecule has 3 rings (SSSR count). The van der Waals surface area contributed by atoms with Gasteiger partial charge in [-0.1, -0.05) is 74.5 Å². The van der Waals surface area contributed by atoms with Gasteiger partial charge in [-0.05, 0) is 23.1 Å². The fraction of sp³-hybridized carbons (Fsp3) is 0.150. The lowest BCUT2D eigenvalue weighted by Crippen LogP contribution is -1.88. The molecule has 0 radical (unpaired) electrons. The smallest absolute Gasteiger partial charge is 0.0702 e. The van der Waals surface area contributed by atoms with Crippen LogP contribution >= 0.6 is 0 Å². The molecule has 21 heavy (non-hydrogen) atoms. The fourth-order valence-corrected chi connectivity index (χ4v) is 2.40. The zero-order chi connectivity index (χ0) is 14.7. The zero-order valence-electron chi connectivity index (χ0n) is 12.5. The van der Waals surface area contributed by atoms with Gasteiger partial charge in [-0.15, -0.1) is 0 Å². The zero-order valence-corrected chi connectivity index (χ0v) is 12.5. The molecule has 0 unspecified atom stereocenters. The molecule has 104 valence electrons. The van der Waals surface area contributed by atoms with Crippen molar-refractivity contribution in [2.45, 2.75) is 19.8 Å². The molecule has 0 fully saturated rings. The Morgan fingerprint density at radius 1 is 0.667 bits per heavy atom. The summed E-state index contributed by atoms with van der Waals surface area (Å²) in [6.07, 6.45) is 1.95. The molecular weight excluding hydrogens is 254 g/mol. The van der Waals surface area contributed by atoms with Crippen molar-refractivity contribution in [3.8, 4) is 22.4 Å². The van der Waals surface area contributed by atoms with Crippen LogP contribution < -0.4 is 0 Å². The summed E-state index contributed by atoms with van der Waals surface area (Å²) in [7, 11) is 0. The molecule has 0 amide bonds. The number of rotatable bonds is 3. The van der Waals surface area contributed by atoms with Crippen LogP contribution in [0.15, 0.2) is 72.9 Å². The van der Waals surface area contributed by atoms with Crippen LogP contribution in [0.5, 0.6) is 0 Å². The largest absolute Gasteiger partial charge is 0.256 e. The van der Waals surface area contributed by atoms with Gasteiger partial charge in [0.05, 0.1) is 5.69 Å². The maximum atomic E-state index is 4.60. The van der Waals surface area contributed by atoms with Gasteiger partial charge in [0.25, 0.3) is 0 Å². The Kier molecular flexibility index (Phi) is 3.83. The predicted octanol–water partition coefficient (Wildman–Crippen LogP) is 5.54. The van der Waals surface area contributed by atoms with Gasteiger partial charge in [-0.2, -0.15) is 0 Å². The molecule has 2 aromatic carbocycles. The van der Waals surface area contributed by atoms with Crippen molar-refractivity contribution in [2.24, 2.45) is 0 Å². The Labute approximate surface area is 126 Å². The number of nitrogens with zero attached hydrogens (tertiary/aromatic N) is 1. The molecule has 0 aliphatic heterocycles. The Morgan fingerprint density at radius 2 is 1.33 bits per heavy atom. The van der Waals surface area contributed by atoms with E-state index in [-0.39, 0.29) is 0 Å². The Morgan fingerprint density at radius 3 is 1.90 bits per heavy atom. The number of hydrogen-bond donors (Lipinski definition) is 0. The highest BCUT2D eigenvalue weighted by Crippen LogP contribution is 2.24. The average Bonchev–Trinajstić information content (AvgIpc) is 2.56. The standard InChI is InChI=1S/C20H19N/c1-15(2)16-8-10-18(11-9-16)20-13-12-19(14-21-20)17-6-4-3-5-7-17/h3-15H,1-2H3. The molecule has 1 nitrogen and oxygen atoms in total. The molecule has 0 aliphatic rings. The molecule has 3 aromatic rings. The first-order chi connectivity index (χ1) is 10.2. The molecule has 0 bridgehead atoms. The van der Waals surface area contributed by atoms with Crippen molar-refractivity contribution in [3.63, 3.8) is 0 Å². The summed E-state index contributed by atoms with van der Waals surface area (Å²) in [5.41, 5.74) is 5.90. The second-order valence-corrected chi connectivity index (χ2v) is 5.57. The van der Waals surface area contributed by atoms with Gasteiger partial charge in [0.1, 0.15) is 0 Å². The van der Waals surface area contributed by atoms with E-state index in [2.05, 4.69) is 67.4 Å². The summed E-state index contributed by atoms with van der Waals surface area (Å²) in [4.78, 5) is 4.60. The highest BCUT2D eigenvalue weighted by atomic mass is 14.7. The van der Waals surface area contributed by atoms with Gasteiger partial charge in [0.2, 0.25) is 0 Å². The maximum absolute atomic E-state index is 4.60.